The van der Waals surface area contributed by atoms with Crippen molar-refractivity contribution in [2.24, 2.45) is 5.73 Å². The summed E-state index contributed by atoms with van der Waals surface area (Å²) in [7, 11) is 0. The number of hydrogen-bond donors (Lipinski definition) is 1. The Labute approximate surface area is 122 Å². The van der Waals surface area contributed by atoms with Crippen molar-refractivity contribution in [3.8, 4) is 5.75 Å². The third-order valence-corrected chi connectivity index (χ3v) is 3.65. The lowest BCUT2D eigenvalue weighted by molar-refractivity contribution is 0.248. The molecular weight excluding hydrogens is 343 g/mol. The van der Waals surface area contributed by atoms with Crippen LogP contribution in [0.4, 0.5) is 0 Å². The Morgan fingerprint density at radius 3 is 2.72 bits per heavy atom. The first-order valence-electron chi connectivity index (χ1n) is 5.02. The van der Waals surface area contributed by atoms with Crippen molar-refractivity contribution in [1.82, 2.24) is 5.16 Å². The SMILES string of the molecule is NCc1cc(COc2cc(Cl)c(Br)cc2Cl)on1. The molecule has 0 aliphatic carbocycles. The van der Waals surface area contributed by atoms with Gasteiger partial charge in [-0.2, -0.15) is 0 Å². The standard InChI is InChI=1S/C11H9BrCl2N2O2/c12-8-2-10(14)11(3-9(8)13)17-5-7-1-6(4-15)16-18-7/h1-3H,4-5,15H2. The van der Waals surface area contributed by atoms with Crippen molar-refractivity contribution in [2.45, 2.75) is 13.2 Å². The van der Waals surface area contributed by atoms with Gasteiger partial charge in [-0.3, -0.25) is 0 Å². The van der Waals surface area contributed by atoms with Crippen LogP contribution in [-0.4, -0.2) is 5.16 Å². The van der Waals surface area contributed by atoms with Crippen LogP contribution in [0.15, 0.2) is 27.2 Å². The van der Waals surface area contributed by atoms with E-state index in [0.29, 0.717) is 38.3 Å². The van der Waals surface area contributed by atoms with E-state index in [-0.39, 0.29) is 6.61 Å². The molecule has 0 radical (unpaired) electrons. The zero-order chi connectivity index (χ0) is 13.1. The second kappa shape index (κ2) is 5.93. The van der Waals surface area contributed by atoms with E-state index in [1.54, 1.807) is 18.2 Å². The van der Waals surface area contributed by atoms with E-state index in [2.05, 4.69) is 21.1 Å². The molecule has 1 aromatic heterocycles. The van der Waals surface area contributed by atoms with E-state index in [9.17, 15) is 0 Å². The average molecular weight is 352 g/mol. The minimum atomic E-state index is 0.213. The van der Waals surface area contributed by atoms with Gasteiger partial charge < -0.3 is 15.0 Å². The van der Waals surface area contributed by atoms with Gasteiger partial charge in [0.2, 0.25) is 0 Å². The molecule has 0 aliphatic rings. The molecule has 0 amide bonds. The molecule has 0 atom stereocenters. The number of halogens is 3. The third kappa shape index (κ3) is 3.17. The van der Waals surface area contributed by atoms with Crippen LogP contribution in [-0.2, 0) is 13.2 Å². The molecule has 2 N–H and O–H groups in total. The number of benzene rings is 1. The van der Waals surface area contributed by atoms with E-state index in [1.165, 1.54) is 0 Å². The molecule has 18 heavy (non-hydrogen) atoms. The molecule has 1 heterocycles. The minimum absolute atomic E-state index is 0.213. The highest BCUT2D eigenvalue weighted by Crippen LogP contribution is 2.34. The lowest BCUT2D eigenvalue weighted by atomic mass is 10.3. The molecule has 0 saturated heterocycles. The molecule has 0 saturated carbocycles. The fourth-order valence-corrected chi connectivity index (χ4v) is 2.13. The second-order valence-electron chi connectivity index (χ2n) is 3.47. The Morgan fingerprint density at radius 2 is 2.06 bits per heavy atom. The highest BCUT2D eigenvalue weighted by atomic mass is 79.9. The van der Waals surface area contributed by atoms with E-state index in [1.807, 2.05) is 0 Å². The normalized spacial score (nSPS) is 10.7. The van der Waals surface area contributed by atoms with Crippen LogP contribution in [0.3, 0.4) is 0 Å². The topological polar surface area (TPSA) is 61.3 Å². The number of aromatic nitrogens is 1. The predicted molar refractivity (Wildman–Crippen MR) is 72.9 cm³/mol. The Balaban J connectivity index is 2.08. The van der Waals surface area contributed by atoms with Crippen LogP contribution < -0.4 is 10.5 Å². The quantitative estimate of drug-likeness (QED) is 0.851. The summed E-state index contributed by atoms with van der Waals surface area (Å²) in [5, 5.41) is 4.74. The van der Waals surface area contributed by atoms with Crippen molar-refractivity contribution in [2.75, 3.05) is 0 Å². The molecule has 0 aliphatic heterocycles. The Kier molecular flexibility index (Phi) is 4.50. The van der Waals surface area contributed by atoms with Crippen molar-refractivity contribution in [3.05, 3.63) is 44.2 Å². The molecule has 0 spiro atoms. The Bertz CT molecular complexity index is 560. The molecular formula is C11H9BrCl2N2O2. The summed E-state index contributed by atoms with van der Waals surface area (Å²) >= 11 is 15.3. The molecule has 7 heteroatoms. The predicted octanol–water partition coefficient (Wildman–Crippen LogP) is 3.78. The van der Waals surface area contributed by atoms with E-state index in [0.717, 1.165) is 0 Å². The van der Waals surface area contributed by atoms with Gasteiger partial charge in [0, 0.05) is 23.2 Å². The summed E-state index contributed by atoms with van der Waals surface area (Å²) in [5.74, 6) is 1.06. The van der Waals surface area contributed by atoms with Crippen molar-refractivity contribution in [3.63, 3.8) is 0 Å². The first-order chi connectivity index (χ1) is 8.60. The molecule has 96 valence electrons. The van der Waals surface area contributed by atoms with Crippen molar-refractivity contribution < 1.29 is 9.26 Å². The van der Waals surface area contributed by atoms with Crippen molar-refractivity contribution >= 4 is 39.1 Å². The maximum Gasteiger partial charge on any atom is 0.174 e. The summed E-state index contributed by atoms with van der Waals surface area (Å²) in [6.45, 7) is 0.541. The van der Waals surface area contributed by atoms with Crippen LogP contribution in [0.2, 0.25) is 10.0 Å². The largest absolute Gasteiger partial charge is 0.484 e. The molecule has 0 unspecified atom stereocenters. The van der Waals surface area contributed by atoms with Gasteiger partial charge in [0.1, 0.15) is 12.4 Å². The second-order valence-corrected chi connectivity index (χ2v) is 5.14. The Morgan fingerprint density at radius 1 is 1.28 bits per heavy atom. The van der Waals surface area contributed by atoms with Crippen LogP contribution in [0, 0.1) is 0 Å². The maximum atomic E-state index is 6.02. The molecule has 2 rings (SSSR count). The lowest BCUT2D eigenvalue weighted by Gasteiger charge is -2.07. The highest BCUT2D eigenvalue weighted by Gasteiger charge is 2.09. The van der Waals surface area contributed by atoms with Gasteiger partial charge in [-0.1, -0.05) is 28.4 Å². The molecule has 0 fully saturated rings. The van der Waals surface area contributed by atoms with Gasteiger partial charge in [-0.25, -0.2) is 0 Å². The van der Waals surface area contributed by atoms with Gasteiger partial charge >= 0.3 is 0 Å². The Hall–Kier alpha value is -0.750. The fraction of sp³-hybridized carbons (Fsp3) is 0.182. The highest BCUT2D eigenvalue weighted by molar-refractivity contribution is 9.10. The summed E-state index contributed by atoms with van der Waals surface area (Å²) in [5.41, 5.74) is 6.10. The number of rotatable bonds is 4. The van der Waals surface area contributed by atoms with Crippen molar-refractivity contribution in [1.29, 1.82) is 0 Å². The van der Waals surface area contributed by atoms with Crippen LogP contribution in [0.25, 0.3) is 0 Å². The average Bonchev–Trinajstić information content (AvgIpc) is 2.80. The van der Waals surface area contributed by atoms with Gasteiger partial charge in [0.25, 0.3) is 0 Å². The number of hydrogen-bond acceptors (Lipinski definition) is 4. The zero-order valence-electron chi connectivity index (χ0n) is 9.12. The number of nitrogens with two attached hydrogens (primary N) is 1. The third-order valence-electron chi connectivity index (χ3n) is 2.16. The smallest absolute Gasteiger partial charge is 0.174 e. The van der Waals surface area contributed by atoms with Crippen LogP contribution in [0.5, 0.6) is 5.75 Å². The number of nitrogens with zero attached hydrogens (tertiary/aromatic N) is 1. The molecule has 4 nitrogen and oxygen atoms in total. The fourth-order valence-electron chi connectivity index (χ4n) is 1.28. The first kappa shape index (κ1) is 13.7. The maximum absolute atomic E-state index is 6.02. The number of ether oxygens (including phenoxy) is 1. The van der Waals surface area contributed by atoms with Gasteiger partial charge in [-0.05, 0) is 22.0 Å². The summed E-state index contributed by atoms with van der Waals surface area (Å²) in [6.07, 6.45) is 0. The summed E-state index contributed by atoms with van der Waals surface area (Å²) < 4.78 is 11.2. The van der Waals surface area contributed by atoms with Gasteiger partial charge in [0.15, 0.2) is 5.76 Å². The van der Waals surface area contributed by atoms with Crippen LogP contribution >= 0.6 is 39.1 Å². The zero-order valence-corrected chi connectivity index (χ0v) is 12.2. The van der Waals surface area contributed by atoms with Crippen LogP contribution in [0.1, 0.15) is 11.5 Å². The van der Waals surface area contributed by atoms with Gasteiger partial charge in [-0.15, -0.1) is 0 Å². The summed E-state index contributed by atoms with van der Waals surface area (Å²) in [4.78, 5) is 0. The van der Waals surface area contributed by atoms with E-state index in [4.69, 9.17) is 38.2 Å². The lowest BCUT2D eigenvalue weighted by Crippen LogP contribution is -1.96. The summed E-state index contributed by atoms with van der Waals surface area (Å²) in [6, 6.07) is 5.04. The monoisotopic (exact) mass is 350 g/mol. The van der Waals surface area contributed by atoms with Gasteiger partial charge in [0.05, 0.1) is 15.7 Å². The molecule has 2 aromatic rings. The molecule has 0 bridgehead atoms. The van der Waals surface area contributed by atoms with E-state index >= 15 is 0 Å². The molecule has 1 aromatic carbocycles. The minimum Gasteiger partial charge on any atom is -0.484 e. The first-order valence-corrected chi connectivity index (χ1v) is 6.57. The van der Waals surface area contributed by atoms with E-state index < -0.39 is 0 Å².